The van der Waals surface area contributed by atoms with Gasteiger partial charge in [0.15, 0.2) is 5.82 Å². The first-order chi connectivity index (χ1) is 29.8. The van der Waals surface area contributed by atoms with Crippen LogP contribution >= 0.6 is 11.6 Å². The number of fused-ring (bicyclic) bond motifs is 5. The number of nitrogens with one attached hydrogen (secondary N) is 2. The van der Waals surface area contributed by atoms with E-state index in [1.807, 2.05) is 0 Å². The van der Waals surface area contributed by atoms with E-state index in [1.54, 1.807) is 6.07 Å². The largest absolute Gasteiger partial charge is 0.467 e. The van der Waals surface area contributed by atoms with Gasteiger partial charge in [0.2, 0.25) is 15.9 Å². The van der Waals surface area contributed by atoms with Gasteiger partial charge in [0, 0.05) is 49.0 Å². The molecule has 0 bridgehead atoms. The summed E-state index contributed by atoms with van der Waals surface area (Å²) in [5.41, 5.74) is -1.65. The Balaban J connectivity index is 1.25. The second-order valence-electron chi connectivity index (χ2n) is 15.2. The minimum Gasteiger partial charge on any atom is -0.467 e. The zero-order valence-corrected chi connectivity index (χ0v) is 34.4. The molecule has 9 rings (SSSR count). The number of sulfonamides is 1. The van der Waals surface area contributed by atoms with Crippen molar-refractivity contribution in [1.29, 1.82) is 0 Å². The van der Waals surface area contributed by atoms with Gasteiger partial charge in [0.05, 0.1) is 51.9 Å². The lowest BCUT2D eigenvalue weighted by molar-refractivity contribution is -0.123. The molecule has 2 N–H and O–H groups in total. The zero-order chi connectivity index (χ0) is 44.9. The number of aromatic nitrogens is 8. The highest BCUT2D eigenvalue weighted by Gasteiger charge is 2.67. The van der Waals surface area contributed by atoms with Gasteiger partial charge in [-0.05, 0) is 59.9 Å². The molecule has 0 radical (unpaired) electrons. The third kappa shape index (κ3) is 7.39. The number of methoxy groups -OCH3 is 1. The number of ether oxygens (including phenoxy) is 1. The first-order valence-corrected chi connectivity index (χ1v) is 21.2. The highest BCUT2D eigenvalue weighted by molar-refractivity contribution is 7.92. The first-order valence-electron chi connectivity index (χ1n) is 18.9. The van der Waals surface area contributed by atoms with Crippen molar-refractivity contribution in [3.63, 3.8) is 0 Å². The van der Waals surface area contributed by atoms with Crippen molar-refractivity contribution >= 4 is 55.2 Å². The average Bonchev–Trinajstić information content (AvgIpc) is 3.75. The molecule has 0 saturated heterocycles. The van der Waals surface area contributed by atoms with Crippen molar-refractivity contribution in [3.05, 3.63) is 116 Å². The fourth-order valence-electron chi connectivity index (χ4n) is 8.33. The fourth-order valence-corrected chi connectivity index (χ4v) is 9.07. The number of carbonyl (C=O) groups is 1. The lowest BCUT2D eigenvalue weighted by Crippen LogP contribution is -2.38. The van der Waals surface area contributed by atoms with Crippen LogP contribution in [0.15, 0.2) is 65.7 Å². The smallest absolute Gasteiger partial charge is 0.316 e. The predicted octanol–water partition coefficient (Wildman–Crippen LogP) is 6.48. The standard InChI is InChI=1S/C40H31ClF6N10O5S/c1-55-33-28(7-6-25(41)31(33)36(53-55)54-63(3,60)61)57-37(51-26-11-18(4-5-22(26)38(57)59)19-14-48-39(62-2)49-15-19)27(10-17-8-20(42)12-21(43)9-17)50-29(58)16-56-34-30(32(52-56)35(44)45)23-13-24(23)40(34,46)47/h4-9,11-12,14-15,23-24,27,35H,10,13,16H2,1-3H3,(H,50,58)(H,53,54)/t23-,24+,27-/m0/s1. The molecule has 2 aliphatic carbocycles. The molecule has 7 aromatic rings. The van der Waals surface area contributed by atoms with Crippen LogP contribution in [0.1, 0.15) is 53.1 Å². The van der Waals surface area contributed by atoms with E-state index in [4.69, 9.17) is 21.3 Å². The number of anilines is 1. The third-order valence-electron chi connectivity index (χ3n) is 10.9. The molecule has 1 fully saturated rings. The van der Waals surface area contributed by atoms with Crippen LogP contribution in [-0.4, -0.2) is 66.8 Å². The Bertz CT molecular complexity index is 3200. The van der Waals surface area contributed by atoms with Crippen LogP contribution in [0.3, 0.4) is 0 Å². The third-order valence-corrected chi connectivity index (χ3v) is 11.8. The molecule has 0 spiro atoms. The molecule has 2 aliphatic rings. The van der Waals surface area contributed by atoms with E-state index in [0.717, 1.165) is 23.0 Å². The van der Waals surface area contributed by atoms with Gasteiger partial charge < -0.3 is 10.1 Å². The second-order valence-corrected chi connectivity index (χ2v) is 17.4. The molecule has 4 aromatic heterocycles. The highest BCUT2D eigenvalue weighted by Crippen LogP contribution is 2.68. The molecule has 3 aromatic carbocycles. The Morgan fingerprint density at radius 3 is 2.41 bits per heavy atom. The summed E-state index contributed by atoms with van der Waals surface area (Å²) in [4.78, 5) is 42.3. The Labute approximate surface area is 356 Å². The van der Waals surface area contributed by atoms with Gasteiger partial charge in [-0.15, -0.1) is 0 Å². The van der Waals surface area contributed by atoms with Gasteiger partial charge >= 0.3 is 6.01 Å². The minimum atomic E-state index is -3.92. The van der Waals surface area contributed by atoms with Gasteiger partial charge in [-0.3, -0.25) is 28.2 Å². The molecule has 0 aliphatic heterocycles. The first kappa shape index (κ1) is 41.8. The van der Waals surface area contributed by atoms with Crippen LogP contribution in [0.5, 0.6) is 6.01 Å². The molecule has 0 unspecified atom stereocenters. The van der Waals surface area contributed by atoms with Crippen LogP contribution in [0.2, 0.25) is 5.02 Å². The predicted molar refractivity (Wildman–Crippen MR) is 216 cm³/mol. The van der Waals surface area contributed by atoms with E-state index < -0.39 is 87.7 Å². The van der Waals surface area contributed by atoms with Crippen LogP contribution in [-0.2, 0) is 40.8 Å². The lowest BCUT2D eigenvalue weighted by Gasteiger charge is -2.24. The zero-order valence-electron chi connectivity index (χ0n) is 32.9. The number of rotatable bonds is 12. The number of alkyl halides is 4. The number of nitrogens with zero attached hydrogens (tertiary/aromatic N) is 8. The minimum absolute atomic E-state index is 0.00277. The van der Waals surface area contributed by atoms with E-state index in [1.165, 1.54) is 55.5 Å². The Hall–Kier alpha value is -6.55. The number of amides is 1. The highest BCUT2D eigenvalue weighted by atomic mass is 35.5. The van der Waals surface area contributed by atoms with Crippen LogP contribution in [0.4, 0.5) is 32.2 Å². The molecule has 63 heavy (non-hydrogen) atoms. The summed E-state index contributed by atoms with van der Waals surface area (Å²) in [7, 11) is -1.09. The Morgan fingerprint density at radius 2 is 1.75 bits per heavy atom. The van der Waals surface area contributed by atoms with Gasteiger partial charge in [-0.25, -0.2) is 40.9 Å². The topological polar surface area (TPSA) is 181 Å². The normalized spacial score (nSPS) is 16.9. The maximum absolute atomic E-state index is 15.5. The summed E-state index contributed by atoms with van der Waals surface area (Å²) in [6.07, 6.45) is 0.117. The summed E-state index contributed by atoms with van der Waals surface area (Å²) < 4.78 is 124. The molecule has 4 heterocycles. The van der Waals surface area contributed by atoms with Crippen molar-refractivity contribution in [3.8, 4) is 22.8 Å². The van der Waals surface area contributed by atoms with E-state index in [-0.39, 0.29) is 67.7 Å². The Morgan fingerprint density at radius 1 is 1.03 bits per heavy atom. The molecular formula is C40H31ClF6N10O5S. The molecule has 3 atom stereocenters. The van der Waals surface area contributed by atoms with E-state index >= 15 is 13.6 Å². The molecule has 1 saturated carbocycles. The average molecular weight is 913 g/mol. The number of hydrogen-bond donors (Lipinski definition) is 2. The monoisotopic (exact) mass is 912 g/mol. The van der Waals surface area contributed by atoms with Crippen molar-refractivity contribution < 1.29 is 44.3 Å². The summed E-state index contributed by atoms with van der Waals surface area (Å²) in [6, 6.07) is 8.47. The van der Waals surface area contributed by atoms with Gasteiger partial charge in [-0.2, -0.15) is 19.0 Å². The number of halogens is 7. The van der Waals surface area contributed by atoms with Crippen molar-refractivity contribution in [2.45, 2.75) is 43.7 Å². The van der Waals surface area contributed by atoms with Gasteiger partial charge in [-0.1, -0.05) is 17.7 Å². The number of benzene rings is 3. The Kier molecular flexibility index (Phi) is 9.99. The van der Waals surface area contributed by atoms with Crippen LogP contribution < -0.4 is 20.3 Å². The quantitative estimate of drug-likeness (QED) is 0.129. The molecule has 15 nitrogen and oxygen atoms in total. The summed E-state index contributed by atoms with van der Waals surface area (Å²) in [6.45, 7) is -0.995. The van der Waals surface area contributed by atoms with Crippen LogP contribution in [0.25, 0.3) is 38.6 Å². The SMILES string of the molecule is COc1ncc(-c2ccc3c(=O)n(-c4ccc(Cl)c5c(NS(C)(=O)=O)nn(C)c45)c([C@H](Cc4cc(F)cc(F)c4)NC(=O)Cn4nc(C(F)F)c5c4C(F)(F)[C@@H]4C[C@H]54)nc3c2)cn1. The fraction of sp³-hybridized carbons (Fsp3) is 0.275. The van der Waals surface area contributed by atoms with Crippen LogP contribution in [0, 0.1) is 17.6 Å². The van der Waals surface area contributed by atoms with Crippen molar-refractivity contribution in [2.75, 3.05) is 18.1 Å². The number of carbonyl (C=O) groups excluding carboxylic acids is 1. The molecule has 1 amide bonds. The van der Waals surface area contributed by atoms with E-state index in [0.29, 0.717) is 21.9 Å². The molecule has 23 heteroatoms. The van der Waals surface area contributed by atoms with Gasteiger partial charge in [0.1, 0.15) is 35.4 Å². The van der Waals surface area contributed by atoms with Gasteiger partial charge in [0.25, 0.3) is 17.9 Å². The maximum atomic E-state index is 15.5. The summed E-state index contributed by atoms with van der Waals surface area (Å²) >= 11 is 6.63. The van der Waals surface area contributed by atoms with Crippen molar-refractivity contribution in [1.82, 2.24) is 44.4 Å². The molecule has 326 valence electrons. The van der Waals surface area contributed by atoms with Crippen molar-refractivity contribution in [2.24, 2.45) is 13.0 Å². The van der Waals surface area contributed by atoms with E-state index in [2.05, 4.69) is 30.2 Å². The molecular weight excluding hydrogens is 882 g/mol. The number of aryl methyl sites for hydroxylation is 1. The number of hydrogen-bond acceptors (Lipinski definition) is 10. The van der Waals surface area contributed by atoms with E-state index in [9.17, 15) is 30.8 Å². The summed E-state index contributed by atoms with van der Waals surface area (Å²) in [5.74, 6) is -9.12. The maximum Gasteiger partial charge on any atom is 0.316 e. The lowest BCUT2D eigenvalue weighted by atomic mass is 10.0. The second kappa shape index (κ2) is 15.1. The summed E-state index contributed by atoms with van der Waals surface area (Å²) in [5, 5.41) is 10.8.